The minimum atomic E-state index is 0.996. The summed E-state index contributed by atoms with van der Waals surface area (Å²) in [5, 5.41) is 4.29. The zero-order chi connectivity index (χ0) is 9.14. The van der Waals surface area contributed by atoms with Crippen LogP contribution in [0.1, 0.15) is 18.2 Å². The molecule has 1 aromatic rings. The molecular formula is C9H17N3. The van der Waals surface area contributed by atoms with E-state index >= 15 is 0 Å². The molecule has 1 heterocycles. The first kappa shape index (κ1) is 9.26. The fourth-order valence-electron chi connectivity index (χ4n) is 1.21. The fraction of sp³-hybridized carbons (Fsp3) is 0.667. The van der Waals surface area contributed by atoms with E-state index in [-0.39, 0.29) is 0 Å². The molecule has 0 aromatic carbocycles. The van der Waals surface area contributed by atoms with E-state index in [4.69, 9.17) is 0 Å². The minimum Gasteiger partial charge on any atom is -0.302 e. The zero-order valence-corrected chi connectivity index (χ0v) is 8.33. The highest BCUT2D eigenvalue weighted by atomic mass is 15.3. The Hall–Kier alpha value is -0.830. The molecular weight excluding hydrogens is 150 g/mol. The van der Waals surface area contributed by atoms with Gasteiger partial charge in [0.25, 0.3) is 0 Å². The van der Waals surface area contributed by atoms with Gasteiger partial charge < -0.3 is 4.90 Å². The summed E-state index contributed by atoms with van der Waals surface area (Å²) in [6, 6.07) is 0. The molecule has 68 valence electrons. The second-order valence-electron chi connectivity index (χ2n) is 3.24. The third-order valence-corrected chi connectivity index (χ3v) is 2.10. The van der Waals surface area contributed by atoms with E-state index < -0.39 is 0 Å². The number of hydrogen-bond acceptors (Lipinski definition) is 2. The Morgan fingerprint density at radius 1 is 1.58 bits per heavy atom. The van der Waals surface area contributed by atoms with Crippen LogP contribution in [0.5, 0.6) is 0 Å². The first-order valence-electron chi connectivity index (χ1n) is 4.31. The monoisotopic (exact) mass is 167 g/mol. The quantitative estimate of drug-likeness (QED) is 0.674. The van der Waals surface area contributed by atoms with Crippen LogP contribution in [-0.2, 0) is 13.6 Å². The van der Waals surface area contributed by atoms with Crippen LogP contribution in [0.3, 0.4) is 0 Å². The van der Waals surface area contributed by atoms with E-state index in [1.165, 1.54) is 5.56 Å². The molecule has 0 N–H and O–H groups in total. The van der Waals surface area contributed by atoms with Gasteiger partial charge in [0, 0.05) is 25.4 Å². The van der Waals surface area contributed by atoms with Gasteiger partial charge in [0.2, 0.25) is 0 Å². The van der Waals surface area contributed by atoms with Gasteiger partial charge in [0.15, 0.2) is 0 Å². The van der Waals surface area contributed by atoms with Gasteiger partial charge in [-0.15, -0.1) is 0 Å². The fourth-order valence-corrected chi connectivity index (χ4v) is 1.21. The summed E-state index contributed by atoms with van der Waals surface area (Å²) in [5.74, 6) is 0. The molecule has 0 aliphatic carbocycles. The lowest BCUT2D eigenvalue weighted by molar-refractivity contribution is 0.345. The summed E-state index contributed by atoms with van der Waals surface area (Å²) >= 11 is 0. The second-order valence-corrected chi connectivity index (χ2v) is 3.24. The van der Waals surface area contributed by atoms with Gasteiger partial charge in [-0.3, -0.25) is 4.68 Å². The topological polar surface area (TPSA) is 21.1 Å². The Morgan fingerprint density at radius 3 is 2.67 bits per heavy atom. The molecule has 0 amide bonds. The molecule has 0 saturated heterocycles. The zero-order valence-electron chi connectivity index (χ0n) is 8.33. The predicted molar refractivity (Wildman–Crippen MR) is 50.0 cm³/mol. The van der Waals surface area contributed by atoms with Crippen LogP contribution >= 0.6 is 0 Å². The van der Waals surface area contributed by atoms with Crippen molar-refractivity contribution in [2.24, 2.45) is 7.05 Å². The molecule has 1 aromatic heterocycles. The third kappa shape index (κ3) is 2.08. The molecule has 0 aliphatic rings. The van der Waals surface area contributed by atoms with Crippen molar-refractivity contribution in [3.05, 3.63) is 17.5 Å². The minimum absolute atomic E-state index is 0.996. The number of nitrogens with zero attached hydrogens (tertiary/aromatic N) is 3. The van der Waals surface area contributed by atoms with Crippen LogP contribution in [0.4, 0.5) is 0 Å². The average Bonchev–Trinajstić information content (AvgIpc) is 2.30. The van der Waals surface area contributed by atoms with Crippen molar-refractivity contribution in [3.63, 3.8) is 0 Å². The smallest absolute Gasteiger partial charge is 0.0638 e. The van der Waals surface area contributed by atoms with Gasteiger partial charge >= 0.3 is 0 Å². The second kappa shape index (κ2) is 3.72. The van der Waals surface area contributed by atoms with E-state index in [1.54, 1.807) is 0 Å². The lowest BCUT2D eigenvalue weighted by atomic mass is 10.2. The summed E-state index contributed by atoms with van der Waals surface area (Å²) in [5.41, 5.74) is 2.46. The maximum atomic E-state index is 4.29. The van der Waals surface area contributed by atoms with Crippen LogP contribution in [0.25, 0.3) is 0 Å². The first-order valence-corrected chi connectivity index (χ1v) is 4.31. The maximum absolute atomic E-state index is 4.29. The summed E-state index contributed by atoms with van der Waals surface area (Å²) in [6.45, 7) is 6.29. The summed E-state index contributed by atoms with van der Waals surface area (Å²) < 4.78 is 1.87. The average molecular weight is 167 g/mol. The summed E-state index contributed by atoms with van der Waals surface area (Å²) in [6.07, 6.45) is 2.08. The van der Waals surface area contributed by atoms with Crippen molar-refractivity contribution in [3.8, 4) is 0 Å². The number of rotatable bonds is 3. The van der Waals surface area contributed by atoms with Crippen LogP contribution < -0.4 is 0 Å². The Kier molecular flexibility index (Phi) is 2.87. The largest absolute Gasteiger partial charge is 0.302 e. The van der Waals surface area contributed by atoms with Crippen molar-refractivity contribution in [2.45, 2.75) is 20.4 Å². The van der Waals surface area contributed by atoms with E-state index in [0.717, 1.165) is 18.8 Å². The molecule has 1 rings (SSSR count). The molecule has 0 saturated carbocycles. The molecule has 3 nitrogen and oxygen atoms in total. The molecule has 0 radical (unpaired) electrons. The van der Waals surface area contributed by atoms with Gasteiger partial charge in [-0.1, -0.05) is 6.92 Å². The standard InChI is InChI=1S/C9H17N3/c1-5-11(3)6-9-7-12(4)10-8(9)2/h7H,5-6H2,1-4H3. The first-order chi connectivity index (χ1) is 5.63. The Balaban J connectivity index is 2.68. The van der Waals surface area contributed by atoms with Gasteiger partial charge in [-0.05, 0) is 20.5 Å². The van der Waals surface area contributed by atoms with Gasteiger partial charge in [0.1, 0.15) is 0 Å². The van der Waals surface area contributed by atoms with E-state index in [0.29, 0.717) is 0 Å². The molecule has 0 fully saturated rings. The van der Waals surface area contributed by atoms with Gasteiger partial charge in [-0.25, -0.2) is 0 Å². The predicted octanol–water partition coefficient (Wildman–Crippen LogP) is 1.18. The highest BCUT2D eigenvalue weighted by Crippen LogP contribution is 2.06. The van der Waals surface area contributed by atoms with Crippen LogP contribution in [0.15, 0.2) is 6.20 Å². The molecule has 0 atom stereocenters. The normalized spacial score (nSPS) is 11.1. The lowest BCUT2D eigenvalue weighted by Gasteiger charge is -2.12. The molecule has 0 unspecified atom stereocenters. The van der Waals surface area contributed by atoms with Crippen molar-refractivity contribution in [1.29, 1.82) is 0 Å². The highest BCUT2D eigenvalue weighted by Gasteiger charge is 2.04. The van der Waals surface area contributed by atoms with E-state index in [1.807, 2.05) is 11.7 Å². The van der Waals surface area contributed by atoms with Crippen LogP contribution in [0, 0.1) is 6.92 Å². The Bertz CT molecular complexity index is 252. The SMILES string of the molecule is CCN(C)Cc1cn(C)nc1C. The van der Waals surface area contributed by atoms with Crippen molar-refractivity contribution < 1.29 is 0 Å². The number of hydrogen-bond donors (Lipinski definition) is 0. The molecule has 12 heavy (non-hydrogen) atoms. The maximum Gasteiger partial charge on any atom is 0.0638 e. The van der Waals surface area contributed by atoms with Crippen molar-refractivity contribution >= 4 is 0 Å². The molecule has 0 bridgehead atoms. The number of aryl methyl sites for hydroxylation is 2. The van der Waals surface area contributed by atoms with Crippen LogP contribution in [-0.4, -0.2) is 28.3 Å². The summed E-state index contributed by atoms with van der Waals surface area (Å²) in [7, 11) is 4.08. The highest BCUT2D eigenvalue weighted by molar-refractivity contribution is 5.14. The molecule has 0 aliphatic heterocycles. The third-order valence-electron chi connectivity index (χ3n) is 2.10. The van der Waals surface area contributed by atoms with Gasteiger partial charge in [-0.2, -0.15) is 5.10 Å². The van der Waals surface area contributed by atoms with Crippen molar-refractivity contribution in [1.82, 2.24) is 14.7 Å². The van der Waals surface area contributed by atoms with Gasteiger partial charge in [0.05, 0.1) is 5.69 Å². The summed E-state index contributed by atoms with van der Waals surface area (Å²) in [4.78, 5) is 2.27. The number of aromatic nitrogens is 2. The van der Waals surface area contributed by atoms with E-state index in [2.05, 4.69) is 37.1 Å². The van der Waals surface area contributed by atoms with E-state index in [9.17, 15) is 0 Å². The van der Waals surface area contributed by atoms with Crippen LogP contribution in [0.2, 0.25) is 0 Å². The molecule has 3 heteroatoms. The Morgan fingerprint density at radius 2 is 2.25 bits per heavy atom. The molecule has 0 spiro atoms. The Labute approximate surface area is 74.0 Å². The van der Waals surface area contributed by atoms with Crippen molar-refractivity contribution in [2.75, 3.05) is 13.6 Å². The lowest BCUT2D eigenvalue weighted by Crippen LogP contribution is -2.16.